The molecule has 0 spiro atoms. The summed E-state index contributed by atoms with van der Waals surface area (Å²) in [6.07, 6.45) is 2.54. The molecule has 17 heavy (non-hydrogen) atoms. The molecule has 1 heterocycles. The van der Waals surface area contributed by atoms with Gasteiger partial charge in [-0.3, -0.25) is 9.48 Å². The molecule has 1 aliphatic carbocycles. The van der Waals surface area contributed by atoms with Crippen molar-refractivity contribution in [3.05, 3.63) is 17.0 Å². The van der Waals surface area contributed by atoms with Gasteiger partial charge in [0.1, 0.15) is 0 Å². The van der Waals surface area contributed by atoms with Crippen LogP contribution in [-0.4, -0.2) is 29.3 Å². The number of rotatable bonds is 4. The van der Waals surface area contributed by atoms with Crippen LogP contribution in [0.2, 0.25) is 0 Å². The molecule has 0 bridgehead atoms. The third-order valence-corrected chi connectivity index (χ3v) is 3.21. The lowest BCUT2D eigenvalue weighted by molar-refractivity contribution is 0.0971. The molecule has 1 aliphatic rings. The van der Waals surface area contributed by atoms with Gasteiger partial charge >= 0.3 is 0 Å². The number of hydrogen-bond acceptors (Lipinski definition) is 3. The Hall–Kier alpha value is -1.16. The molecule has 0 amide bonds. The van der Waals surface area contributed by atoms with Gasteiger partial charge in [-0.25, -0.2) is 0 Å². The molecule has 0 saturated heterocycles. The van der Waals surface area contributed by atoms with Crippen molar-refractivity contribution in [3.63, 3.8) is 0 Å². The Morgan fingerprint density at radius 3 is 2.82 bits per heavy atom. The summed E-state index contributed by atoms with van der Waals surface area (Å²) in [5, 5.41) is 4.58. The average Bonchev–Trinajstić information content (AvgIpc) is 2.66. The Morgan fingerprint density at radius 2 is 2.18 bits per heavy atom. The Balaban J connectivity index is 2.42. The van der Waals surface area contributed by atoms with Gasteiger partial charge in [-0.05, 0) is 18.8 Å². The first-order valence-electron chi connectivity index (χ1n) is 6.26. The minimum atomic E-state index is 0.263. The third-order valence-electron chi connectivity index (χ3n) is 3.21. The van der Waals surface area contributed by atoms with Gasteiger partial charge in [0.05, 0.1) is 30.1 Å². The number of ketones is 1. The molecule has 1 aromatic heterocycles. The zero-order valence-corrected chi connectivity index (χ0v) is 10.8. The van der Waals surface area contributed by atoms with Gasteiger partial charge in [0.25, 0.3) is 0 Å². The van der Waals surface area contributed by atoms with Crippen molar-refractivity contribution in [3.8, 4) is 0 Å². The summed E-state index contributed by atoms with van der Waals surface area (Å²) in [6.45, 7) is 5.59. The van der Waals surface area contributed by atoms with Crippen molar-refractivity contribution in [2.24, 2.45) is 0 Å². The molecule has 2 rings (SSSR count). The molecule has 0 radical (unpaired) electrons. The standard InChI is InChI=1S/C13H20N2O2/c1-9(2)13-12-10(5-4-6-11(12)16)14-15(13)7-8-17-3/h9H,4-8H2,1-3H3. The van der Waals surface area contributed by atoms with E-state index in [4.69, 9.17) is 4.74 Å². The fourth-order valence-corrected chi connectivity index (χ4v) is 2.48. The number of aryl methyl sites for hydroxylation is 1. The Morgan fingerprint density at radius 1 is 1.41 bits per heavy atom. The predicted molar refractivity (Wildman–Crippen MR) is 65.5 cm³/mol. The van der Waals surface area contributed by atoms with E-state index in [-0.39, 0.29) is 5.78 Å². The molecule has 0 N–H and O–H groups in total. The van der Waals surface area contributed by atoms with Gasteiger partial charge in [-0.2, -0.15) is 5.10 Å². The van der Waals surface area contributed by atoms with Crippen LogP contribution >= 0.6 is 0 Å². The fourth-order valence-electron chi connectivity index (χ4n) is 2.48. The number of carbonyl (C=O) groups excluding carboxylic acids is 1. The highest BCUT2D eigenvalue weighted by Crippen LogP contribution is 2.28. The van der Waals surface area contributed by atoms with Gasteiger partial charge in [0, 0.05) is 13.5 Å². The number of nitrogens with zero attached hydrogens (tertiary/aromatic N) is 2. The molecule has 0 unspecified atom stereocenters. The van der Waals surface area contributed by atoms with Gasteiger partial charge in [0.2, 0.25) is 0 Å². The number of Topliss-reactive ketones (excluding diaryl/α,β-unsaturated/α-hetero) is 1. The summed E-state index contributed by atoms with van der Waals surface area (Å²) in [5.74, 6) is 0.587. The monoisotopic (exact) mass is 236 g/mol. The molecule has 0 fully saturated rings. The largest absolute Gasteiger partial charge is 0.383 e. The van der Waals surface area contributed by atoms with E-state index in [1.807, 2.05) is 4.68 Å². The average molecular weight is 236 g/mol. The summed E-state index contributed by atoms with van der Waals surface area (Å²) in [5.41, 5.74) is 2.96. The maximum atomic E-state index is 12.0. The summed E-state index contributed by atoms with van der Waals surface area (Å²) in [6, 6.07) is 0. The van der Waals surface area contributed by atoms with Gasteiger partial charge < -0.3 is 4.74 Å². The number of aromatic nitrogens is 2. The molecular formula is C13H20N2O2. The van der Waals surface area contributed by atoms with E-state index in [1.54, 1.807) is 7.11 Å². The SMILES string of the molecule is COCCn1nc2c(c1C(C)C)C(=O)CCC2. The molecule has 0 aromatic carbocycles. The van der Waals surface area contributed by atoms with Crippen molar-refractivity contribution < 1.29 is 9.53 Å². The first-order valence-corrected chi connectivity index (χ1v) is 6.26. The number of hydrogen-bond donors (Lipinski definition) is 0. The van der Waals surface area contributed by atoms with Crippen LogP contribution < -0.4 is 0 Å². The van der Waals surface area contributed by atoms with Crippen molar-refractivity contribution >= 4 is 5.78 Å². The second kappa shape index (κ2) is 5.00. The maximum Gasteiger partial charge on any atom is 0.166 e. The molecule has 94 valence electrons. The number of fused-ring (bicyclic) bond motifs is 1. The smallest absolute Gasteiger partial charge is 0.166 e. The summed E-state index contributed by atoms with van der Waals surface area (Å²) in [4.78, 5) is 12.0. The zero-order chi connectivity index (χ0) is 12.4. The number of ether oxygens (including phenoxy) is 1. The van der Waals surface area contributed by atoms with E-state index in [9.17, 15) is 4.79 Å². The molecular weight excluding hydrogens is 216 g/mol. The molecule has 0 aliphatic heterocycles. The van der Waals surface area contributed by atoms with Crippen molar-refractivity contribution in [1.82, 2.24) is 9.78 Å². The van der Waals surface area contributed by atoms with E-state index < -0.39 is 0 Å². The normalized spacial score (nSPS) is 15.4. The van der Waals surface area contributed by atoms with Gasteiger partial charge in [0.15, 0.2) is 5.78 Å². The Labute approximate surface area is 102 Å². The highest BCUT2D eigenvalue weighted by molar-refractivity contribution is 5.99. The fraction of sp³-hybridized carbons (Fsp3) is 0.692. The van der Waals surface area contributed by atoms with Crippen LogP contribution in [0, 0.1) is 0 Å². The van der Waals surface area contributed by atoms with Crippen LogP contribution in [0.15, 0.2) is 0 Å². The topological polar surface area (TPSA) is 44.1 Å². The molecule has 1 aromatic rings. The lowest BCUT2D eigenvalue weighted by atomic mass is 9.91. The van der Waals surface area contributed by atoms with Gasteiger partial charge in [-0.1, -0.05) is 13.8 Å². The van der Waals surface area contributed by atoms with E-state index in [0.29, 0.717) is 18.9 Å². The highest BCUT2D eigenvalue weighted by atomic mass is 16.5. The van der Waals surface area contributed by atoms with Crippen LogP contribution in [0.25, 0.3) is 0 Å². The highest BCUT2D eigenvalue weighted by Gasteiger charge is 2.27. The van der Waals surface area contributed by atoms with Crippen LogP contribution in [0.4, 0.5) is 0 Å². The Kier molecular flexibility index (Phi) is 3.62. The van der Waals surface area contributed by atoms with Crippen LogP contribution in [0.5, 0.6) is 0 Å². The van der Waals surface area contributed by atoms with E-state index in [2.05, 4.69) is 18.9 Å². The van der Waals surface area contributed by atoms with Crippen LogP contribution in [-0.2, 0) is 17.7 Å². The van der Waals surface area contributed by atoms with Gasteiger partial charge in [-0.15, -0.1) is 0 Å². The molecule has 4 nitrogen and oxygen atoms in total. The van der Waals surface area contributed by atoms with E-state index in [0.717, 1.165) is 36.3 Å². The predicted octanol–water partition coefficient (Wildman–Crippen LogP) is 2.17. The molecule has 0 atom stereocenters. The first kappa shape index (κ1) is 12.3. The summed E-state index contributed by atoms with van der Waals surface area (Å²) < 4.78 is 7.05. The summed E-state index contributed by atoms with van der Waals surface area (Å²) >= 11 is 0. The van der Waals surface area contributed by atoms with Crippen LogP contribution in [0.3, 0.4) is 0 Å². The molecule has 4 heteroatoms. The quantitative estimate of drug-likeness (QED) is 0.804. The first-order chi connectivity index (χ1) is 8.15. The van der Waals surface area contributed by atoms with Crippen molar-refractivity contribution in [1.29, 1.82) is 0 Å². The lowest BCUT2D eigenvalue weighted by Gasteiger charge is -2.13. The van der Waals surface area contributed by atoms with Crippen LogP contribution in [0.1, 0.15) is 54.4 Å². The minimum absolute atomic E-state index is 0.263. The zero-order valence-electron chi connectivity index (χ0n) is 10.8. The minimum Gasteiger partial charge on any atom is -0.383 e. The molecule has 0 saturated carbocycles. The maximum absolute atomic E-state index is 12.0. The van der Waals surface area contributed by atoms with Crippen molar-refractivity contribution in [2.75, 3.05) is 13.7 Å². The summed E-state index contributed by atoms with van der Waals surface area (Å²) in [7, 11) is 1.68. The number of carbonyl (C=O) groups is 1. The number of methoxy groups -OCH3 is 1. The van der Waals surface area contributed by atoms with Crippen molar-refractivity contribution in [2.45, 2.75) is 45.6 Å². The van der Waals surface area contributed by atoms with E-state index in [1.165, 1.54) is 0 Å². The third kappa shape index (κ3) is 2.27. The second-order valence-corrected chi connectivity index (χ2v) is 4.85. The Bertz CT molecular complexity index is 421. The second-order valence-electron chi connectivity index (χ2n) is 4.85. The van der Waals surface area contributed by atoms with E-state index >= 15 is 0 Å². The lowest BCUT2D eigenvalue weighted by Crippen LogP contribution is -2.14.